The Kier molecular flexibility index (Phi) is 4.12. The highest BCUT2D eigenvalue weighted by Gasteiger charge is 2.17. The van der Waals surface area contributed by atoms with Crippen molar-refractivity contribution in [3.63, 3.8) is 0 Å². The van der Waals surface area contributed by atoms with E-state index in [1.165, 1.54) is 18.2 Å². The average molecular weight is 286 g/mol. The van der Waals surface area contributed by atoms with Crippen molar-refractivity contribution in [2.45, 2.75) is 12.5 Å². The lowest BCUT2D eigenvalue weighted by molar-refractivity contribution is 0.528. The van der Waals surface area contributed by atoms with Crippen LogP contribution in [0.2, 0.25) is 5.02 Å². The smallest absolute Gasteiger partial charge is 0.129 e. The fourth-order valence-electron chi connectivity index (χ4n) is 1.86. The third-order valence-corrected chi connectivity index (χ3v) is 3.08. The number of halogens is 4. The van der Waals surface area contributed by atoms with E-state index < -0.39 is 23.5 Å². The first-order chi connectivity index (χ1) is 8.99. The van der Waals surface area contributed by atoms with Crippen molar-refractivity contribution < 1.29 is 13.2 Å². The molecule has 0 bridgehead atoms. The maximum atomic E-state index is 13.7. The highest BCUT2D eigenvalue weighted by molar-refractivity contribution is 6.30. The average Bonchev–Trinajstić information content (AvgIpc) is 2.33. The molecule has 0 saturated heterocycles. The summed E-state index contributed by atoms with van der Waals surface area (Å²) in [6.45, 7) is 0. The lowest BCUT2D eigenvalue weighted by Gasteiger charge is -2.14. The van der Waals surface area contributed by atoms with Gasteiger partial charge in [-0.3, -0.25) is 0 Å². The van der Waals surface area contributed by atoms with Gasteiger partial charge in [-0.2, -0.15) is 0 Å². The molecule has 0 fully saturated rings. The summed E-state index contributed by atoms with van der Waals surface area (Å²) in [4.78, 5) is 0. The second-order valence-corrected chi connectivity index (χ2v) is 4.61. The zero-order valence-corrected chi connectivity index (χ0v) is 10.6. The van der Waals surface area contributed by atoms with Gasteiger partial charge in [0.25, 0.3) is 0 Å². The topological polar surface area (TPSA) is 26.0 Å². The molecule has 2 aromatic carbocycles. The van der Waals surface area contributed by atoms with Crippen LogP contribution in [0.5, 0.6) is 0 Å². The van der Waals surface area contributed by atoms with Crippen LogP contribution in [0.25, 0.3) is 0 Å². The first-order valence-electron chi connectivity index (χ1n) is 5.62. The van der Waals surface area contributed by atoms with E-state index in [1.807, 2.05) is 0 Å². The van der Waals surface area contributed by atoms with Gasteiger partial charge in [0, 0.05) is 22.2 Å². The minimum absolute atomic E-state index is 0.128. The molecule has 2 rings (SSSR count). The molecular formula is C14H11ClF3N. The van der Waals surface area contributed by atoms with Gasteiger partial charge < -0.3 is 5.73 Å². The predicted octanol–water partition coefficient (Wildman–Crippen LogP) is 4.00. The summed E-state index contributed by atoms with van der Waals surface area (Å²) in [7, 11) is 0. The second-order valence-electron chi connectivity index (χ2n) is 4.18. The van der Waals surface area contributed by atoms with Gasteiger partial charge in [-0.05, 0) is 30.7 Å². The first kappa shape index (κ1) is 13.9. The van der Waals surface area contributed by atoms with E-state index >= 15 is 0 Å². The Morgan fingerprint density at radius 1 is 1.00 bits per heavy atom. The quantitative estimate of drug-likeness (QED) is 0.906. The number of rotatable bonds is 3. The molecule has 0 saturated carbocycles. The number of hydrogen-bond acceptors (Lipinski definition) is 1. The highest BCUT2D eigenvalue weighted by atomic mass is 35.5. The Morgan fingerprint density at radius 3 is 2.21 bits per heavy atom. The van der Waals surface area contributed by atoms with Crippen molar-refractivity contribution in [1.82, 2.24) is 0 Å². The summed E-state index contributed by atoms with van der Waals surface area (Å²) in [5.41, 5.74) is 5.82. The van der Waals surface area contributed by atoms with E-state index in [-0.39, 0.29) is 22.6 Å². The van der Waals surface area contributed by atoms with Crippen LogP contribution >= 0.6 is 11.6 Å². The Labute approximate surface area is 113 Å². The van der Waals surface area contributed by atoms with Crippen LogP contribution in [-0.4, -0.2) is 0 Å². The fraction of sp³-hybridized carbons (Fsp3) is 0.143. The molecular weight excluding hydrogens is 275 g/mol. The lowest BCUT2D eigenvalue weighted by Crippen LogP contribution is -2.16. The Bertz CT molecular complexity index is 581. The zero-order valence-electron chi connectivity index (χ0n) is 9.84. The van der Waals surface area contributed by atoms with Crippen molar-refractivity contribution in [1.29, 1.82) is 0 Å². The van der Waals surface area contributed by atoms with Crippen molar-refractivity contribution in [2.24, 2.45) is 5.73 Å². The maximum absolute atomic E-state index is 13.7. The molecule has 1 nitrogen and oxygen atoms in total. The van der Waals surface area contributed by atoms with Crippen LogP contribution in [0.4, 0.5) is 13.2 Å². The van der Waals surface area contributed by atoms with E-state index in [0.717, 1.165) is 18.2 Å². The van der Waals surface area contributed by atoms with Gasteiger partial charge in [-0.1, -0.05) is 23.7 Å². The van der Waals surface area contributed by atoms with E-state index in [1.54, 1.807) is 0 Å². The summed E-state index contributed by atoms with van der Waals surface area (Å²) in [5, 5.41) is 0.241. The molecule has 100 valence electrons. The highest BCUT2D eigenvalue weighted by Crippen LogP contribution is 2.24. The van der Waals surface area contributed by atoms with Gasteiger partial charge in [0.15, 0.2) is 0 Å². The summed E-state index contributed by atoms with van der Waals surface area (Å²) < 4.78 is 40.6. The number of nitrogens with two attached hydrogens (primary N) is 1. The molecule has 2 aromatic rings. The zero-order chi connectivity index (χ0) is 14.0. The second kappa shape index (κ2) is 5.63. The standard InChI is InChI=1S/C14H11ClF3N/c15-8-4-5-9(13(18)6-8)14(19)7-10-11(16)2-1-3-12(10)17/h1-6,14H,7,19H2. The maximum Gasteiger partial charge on any atom is 0.129 e. The van der Waals surface area contributed by atoms with Gasteiger partial charge in [-0.25, -0.2) is 13.2 Å². The van der Waals surface area contributed by atoms with Crippen LogP contribution in [-0.2, 0) is 6.42 Å². The van der Waals surface area contributed by atoms with Crippen LogP contribution in [0.15, 0.2) is 36.4 Å². The van der Waals surface area contributed by atoms with Gasteiger partial charge in [0.2, 0.25) is 0 Å². The van der Waals surface area contributed by atoms with Crippen LogP contribution in [0.3, 0.4) is 0 Å². The summed E-state index contributed by atoms with van der Waals surface area (Å²) >= 11 is 5.63. The first-order valence-corrected chi connectivity index (χ1v) is 6.00. The fourth-order valence-corrected chi connectivity index (χ4v) is 2.02. The summed E-state index contributed by atoms with van der Waals surface area (Å²) in [5.74, 6) is -1.97. The molecule has 0 aliphatic rings. The normalized spacial score (nSPS) is 12.5. The minimum Gasteiger partial charge on any atom is -0.324 e. The summed E-state index contributed by atoms with van der Waals surface area (Å²) in [6, 6.07) is 6.73. The van der Waals surface area contributed by atoms with Gasteiger partial charge in [0.05, 0.1) is 0 Å². The molecule has 0 radical (unpaired) electrons. The minimum atomic E-state index is -0.844. The Hall–Kier alpha value is -1.52. The third kappa shape index (κ3) is 3.08. The molecule has 19 heavy (non-hydrogen) atoms. The number of benzene rings is 2. The molecule has 1 unspecified atom stereocenters. The van der Waals surface area contributed by atoms with Gasteiger partial charge in [0.1, 0.15) is 17.5 Å². The van der Waals surface area contributed by atoms with E-state index in [0.29, 0.717) is 0 Å². The number of hydrogen-bond donors (Lipinski definition) is 1. The SMILES string of the molecule is NC(Cc1c(F)cccc1F)c1ccc(Cl)cc1F. The monoisotopic (exact) mass is 285 g/mol. The van der Waals surface area contributed by atoms with Crippen molar-refractivity contribution in [2.75, 3.05) is 0 Å². The van der Waals surface area contributed by atoms with Crippen LogP contribution < -0.4 is 5.73 Å². The molecule has 0 amide bonds. The lowest BCUT2D eigenvalue weighted by atomic mass is 9.98. The van der Waals surface area contributed by atoms with Crippen LogP contribution in [0, 0.1) is 17.5 Å². The van der Waals surface area contributed by atoms with E-state index in [4.69, 9.17) is 17.3 Å². The Morgan fingerprint density at radius 2 is 1.63 bits per heavy atom. The molecule has 0 aromatic heterocycles. The molecule has 0 aliphatic heterocycles. The van der Waals surface area contributed by atoms with E-state index in [2.05, 4.69) is 0 Å². The molecule has 1 atom stereocenters. The predicted molar refractivity (Wildman–Crippen MR) is 68.4 cm³/mol. The van der Waals surface area contributed by atoms with Gasteiger partial charge >= 0.3 is 0 Å². The molecule has 0 aliphatic carbocycles. The van der Waals surface area contributed by atoms with Crippen molar-refractivity contribution in [3.8, 4) is 0 Å². The molecule has 0 heterocycles. The van der Waals surface area contributed by atoms with Crippen molar-refractivity contribution in [3.05, 3.63) is 70.0 Å². The largest absolute Gasteiger partial charge is 0.324 e. The summed E-state index contributed by atoms with van der Waals surface area (Å²) in [6.07, 6.45) is -0.128. The molecule has 0 spiro atoms. The van der Waals surface area contributed by atoms with Gasteiger partial charge in [-0.15, -0.1) is 0 Å². The van der Waals surface area contributed by atoms with Crippen molar-refractivity contribution >= 4 is 11.6 Å². The molecule has 5 heteroatoms. The van der Waals surface area contributed by atoms with Crippen LogP contribution in [0.1, 0.15) is 17.2 Å². The third-order valence-electron chi connectivity index (χ3n) is 2.85. The molecule has 2 N–H and O–H groups in total. The van der Waals surface area contributed by atoms with E-state index in [9.17, 15) is 13.2 Å². The Balaban J connectivity index is 2.28.